The van der Waals surface area contributed by atoms with E-state index in [0.717, 1.165) is 27.7 Å². The van der Waals surface area contributed by atoms with Gasteiger partial charge in [0.05, 0.1) is 30.3 Å². The number of nitrogens with one attached hydrogen (secondary N) is 1. The summed E-state index contributed by atoms with van der Waals surface area (Å²) in [5.41, 5.74) is 4.62. The molecule has 0 saturated heterocycles. The van der Waals surface area contributed by atoms with E-state index in [0.29, 0.717) is 17.9 Å². The molecule has 176 valence electrons. The van der Waals surface area contributed by atoms with Crippen molar-refractivity contribution in [3.63, 3.8) is 0 Å². The smallest absolute Gasteiger partial charge is 0.338 e. The highest BCUT2D eigenvalue weighted by Gasteiger charge is 2.41. The summed E-state index contributed by atoms with van der Waals surface area (Å²) in [5, 5.41) is 5.61. The maximum Gasteiger partial charge on any atom is 0.338 e. The third-order valence-corrected chi connectivity index (χ3v) is 6.42. The summed E-state index contributed by atoms with van der Waals surface area (Å²) in [6.07, 6.45) is 0.147. The van der Waals surface area contributed by atoms with Gasteiger partial charge < -0.3 is 19.7 Å². The third-order valence-electron chi connectivity index (χ3n) is 5.53. The number of aliphatic imine (C=N–C) groups is 1. The Labute approximate surface area is 203 Å². The number of carbonyl (C=O) groups excluding carboxylic acids is 2. The van der Waals surface area contributed by atoms with Crippen LogP contribution in [0.15, 0.2) is 82.0 Å². The quantitative estimate of drug-likeness (QED) is 0.435. The zero-order valence-corrected chi connectivity index (χ0v) is 20.2. The molecule has 2 aromatic carbocycles. The van der Waals surface area contributed by atoms with Gasteiger partial charge in [-0.1, -0.05) is 59.8 Å². The number of esters is 1. The summed E-state index contributed by atoms with van der Waals surface area (Å²) in [6, 6.07) is 17.0. The molecule has 0 radical (unpaired) electrons. The highest BCUT2D eigenvalue weighted by molar-refractivity contribution is 8.16. The van der Waals surface area contributed by atoms with E-state index in [4.69, 9.17) is 9.47 Å². The van der Waals surface area contributed by atoms with Gasteiger partial charge in [-0.3, -0.25) is 4.79 Å². The van der Waals surface area contributed by atoms with Crippen molar-refractivity contribution in [3.8, 4) is 0 Å². The molecule has 0 aliphatic carbocycles. The predicted octanol–water partition coefficient (Wildman–Crippen LogP) is 4.79. The van der Waals surface area contributed by atoms with Crippen LogP contribution in [0, 0.1) is 6.92 Å². The molecule has 8 heteroatoms. The van der Waals surface area contributed by atoms with Crippen LogP contribution in [-0.4, -0.2) is 42.3 Å². The molecule has 0 aromatic heterocycles. The number of amidine groups is 1. The highest BCUT2D eigenvalue weighted by Crippen LogP contribution is 2.44. The van der Waals surface area contributed by atoms with Crippen molar-refractivity contribution in [2.24, 2.45) is 4.99 Å². The Morgan fingerprint density at radius 2 is 1.79 bits per heavy atom. The van der Waals surface area contributed by atoms with Gasteiger partial charge in [-0.15, -0.1) is 0 Å². The first-order chi connectivity index (χ1) is 16.5. The van der Waals surface area contributed by atoms with Gasteiger partial charge in [0.2, 0.25) is 5.91 Å². The number of rotatable bonds is 8. The summed E-state index contributed by atoms with van der Waals surface area (Å²) < 4.78 is 10.5. The second kappa shape index (κ2) is 10.7. The Hall–Kier alpha value is -3.36. The second-order valence-electron chi connectivity index (χ2n) is 8.02. The van der Waals surface area contributed by atoms with E-state index >= 15 is 0 Å². The maximum atomic E-state index is 13.1. The minimum Gasteiger partial charge on any atom is -0.460 e. The molecular formula is C26H27N3O4S. The van der Waals surface area contributed by atoms with Crippen LogP contribution >= 0.6 is 11.8 Å². The number of amides is 1. The molecule has 2 aliphatic heterocycles. The zero-order valence-electron chi connectivity index (χ0n) is 19.4. The molecule has 0 unspecified atom stereocenters. The van der Waals surface area contributed by atoms with Crippen molar-refractivity contribution in [1.29, 1.82) is 0 Å². The first-order valence-electron chi connectivity index (χ1n) is 11.0. The van der Waals surface area contributed by atoms with E-state index in [1.807, 2.05) is 78.8 Å². The second-order valence-corrected chi connectivity index (χ2v) is 8.86. The van der Waals surface area contributed by atoms with Crippen LogP contribution in [0.1, 0.15) is 30.5 Å². The Balaban J connectivity index is 1.61. The predicted molar refractivity (Wildman–Crippen MR) is 134 cm³/mol. The number of hydrogen-bond donors (Lipinski definition) is 1. The van der Waals surface area contributed by atoms with Gasteiger partial charge in [0, 0.05) is 18.5 Å². The van der Waals surface area contributed by atoms with Crippen molar-refractivity contribution < 1.29 is 19.1 Å². The van der Waals surface area contributed by atoms with Crippen LogP contribution in [0.3, 0.4) is 0 Å². The average Bonchev–Trinajstić information content (AvgIpc) is 3.22. The van der Waals surface area contributed by atoms with E-state index in [1.54, 1.807) is 7.11 Å². The van der Waals surface area contributed by atoms with Gasteiger partial charge in [0.15, 0.2) is 5.17 Å². The Morgan fingerprint density at radius 3 is 2.50 bits per heavy atom. The fraction of sp³-hybridized carbons (Fsp3) is 0.269. The number of aryl methyl sites for hydroxylation is 1. The normalized spacial score (nSPS) is 17.1. The molecule has 2 aromatic rings. The summed E-state index contributed by atoms with van der Waals surface area (Å²) in [6.45, 7) is 4.28. The van der Waals surface area contributed by atoms with Crippen LogP contribution in [0.2, 0.25) is 0 Å². The van der Waals surface area contributed by atoms with Gasteiger partial charge in [0.25, 0.3) is 0 Å². The lowest BCUT2D eigenvalue weighted by atomic mass is 9.94. The van der Waals surface area contributed by atoms with Crippen molar-refractivity contribution in [3.05, 3.63) is 88.1 Å². The largest absolute Gasteiger partial charge is 0.460 e. The van der Waals surface area contributed by atoms with Crippen LogP contribution in [0.4, 0.5) is 5.69 Å². The minimum absolute atomic E-state index is 0.140. The van der Waals surface area contributed by atoms with Gasteiger partial charge in [0.1, 0.15) is 6.61 Å². The lowest BCUT2D eigenvalue weighted by Gasteiger charge is -2.36. The molecule has 0 spiro atoms. The molecule has 0 saturated carbocycles. The van der Waals surface area contributed by atoms with Crippen LogP contribution in [-0.2, 0) is 19.1 Å². The fourth-order valence-electron chi connectivity index (χ4n) is 3.88. The van der Waals surface area contributed by atoms with Crippen LogP contribution < -0.4 is 5.32 Å². The molecule has 7 nitrogen and oxygen atoms in total. The molecular weight excluding hydrogens is 450 g/mol. The fourth-order valence-corrected chi connectivity index (χ4v) is 4.85. The number of anilines is 1. The third kappa shape index (κ3) is 5.24. The van der Waals surface area contributed by atoms with E-state index in [1.165, 1.54) is 11.8 Å². The number of hydrogen-bond acceptors (Lipinski definition) is 7. The summed E-state index contributed by atoms with van der Waals surface area (Å²) >= 11 is 1.45. The number of carbonyl (C=O) groups is 2. The topological polar surface area (TPSA) is 80.2 Å². The summed E-state index contributed by atoms with van der Waals surface area (Å²) in [4.78, 5) is 32.6. The van der Waals surface area contributed by atoms with Crippen LogP contribution in [0.5, 0.6) is 0 Å². The van der Waals surface area contributed by atoms with Crippen molar-refractivity contribution in [1.82, 2.24) is 4.90 Å². The Morgan fingerprint density at radius 1 is 1.06 bits per heavy atom. The molecule has 0 bridgehead atoms. The summed E-state index contributed by atoms with van der Waals surface area (Å²) in [7, 11) is 1.56. The van der Waals surface area contributed by atoms with E-state index in [-0.39, 0.29) is 18.9 Å². The number of allylic oxidation sites excluding steroid dienone is 1. The molecule has 1 atom stereocenters. The van der Waals surface area contributed by atoms with Crippen LogP contribution in [0.25, 0.3) is 0 Å². The Bertz CT molecular complexity index is 1160. The maximum absolute atomic E-state index is 13.1. The molecule has 2 heterocycles. The highest BCUT2D eigenvalue weighted by atomic mass is 32.2. The molecule has 34 heavy (non-hydrogen) atoms. The minimum atomic E-state index is -0.447. The molecule has 1 N–H and O–H groups in total. The molecule has 1 amide bonds. The van der Waals surface area contributed by atoms with Crippen molar-refractivity contribution in [2.45, 2.75) is 26.3 Å². The van der Waals surface area contributed by atoms with Gasteiger partial charge >= 0.3 is 5.97 Å². The van der Waals surface area contributed by atoms with Gasteiger partial charge in [-0.05, 0) is 37.0 Å². The average molecular weight is 478 g/mol. The van der Waals surface area contributed by atoms with E-state index in [9.17, 15) is 9.59 Å². The lowest BCUT2D eigenvalue weighted by Crippen LogP contribution is -2.37. The standard InChI is InChI=1S/C26H27N3O4S/c1-17-9-11-20(12-10-17)28-22(30)15-21-16-34-26-27-18(2)23(25(31)33-14-13-32-3)24(29(21)26)19-7-5-4-6-8-19/h4-12,16,24H,13-15H2,1-3H3,(H,28,30)/t24-/m1/s1. The lowest BCUT2D eigenvalue weighted by molar-refractivity contribution is -0.141. The van der Waals surface area contributed by atoms with Crippen molar-refractivity contribution in [2.75, 3.05) is 25.6 Å². The van der Waals surface area contributed by atoms with Gasteiger partial charge in [-0.25, -0.2) is 9.79 Å². The van der Waals surface area contributed by atoms with Gasteiger partial charge in [-0.2, -0.15) is 0 Å². The van der Waals surface area contributed by atoms with Crippen molar-refractivity contribution >= 4 is 34.5 Å². The monoisotopic (exact) mass is 477 g/mol. The van der Waals surface area contributed by atoms with E-state index in [2.05, 4.69) is 10.3 Å². The number of thioether (sulfide) groups is 1. The summed E-state index contributed by atoms with van der Waals surface area (Å²) in [5.74, 6) is -0.578. The molecule has 4 rings (SSSR count). The SMILES string of the molecule is COCCOC(=O)C1=C(C)N=C2SC=C(CC(=O)Nc3ccc(C)cc3)N2[C@@H]1c1ccccc1. The number of fused-ring (bicyclic) bond motifs is 1. The Kier molecular flexibility index (Phi) is 7.49. The number of methoxy groups -OCH3 is 1. The number of benzene rings is 2. The zero-order chi connectivity index (χ0) is 24.1. The molecule has 2 aliphatic rings. The number of ether oxygens (including phenoxy) is 2. The number of nitrogens with zero attached hydrogens (tertiary/aromatic N) is 2. The first-order valence-corrected chi connectivity index (χ1v) is 11.9. The van der Waals surface area contributed by atoms with E-state index < -0.39 is 12.0 Å². The first kappa shape index (κ1) is 23.8. The molecule has 0 fully saturated rings.